The van der Waals surface area contributed by atoms with Crippen LogP contribution in [0.5, 0.6) is 0 Å². The molecule has 0 N–H and O–H groups in total. The van der Waals surface area contributed by atoms with Crippen LogP contribution in [0.1, 0.15) is 16.7 Å². The van der Waals surface area contributed by atoms with Crippen LogP contribution in [0.4, 0.5) is 19.1 Å². The molecule has 2 aromatic heterocycles. The second kappa shape index (κ2) is 7.07. The van der Waals surface area contributed by atoms with E-state index in [9.17, 15) is 13.2 Å². The average molecular weight is 359 g/mol. The number of nitrogens with zero attached hydrogens (tertiary/aromatic N) is 5. The highest BCUT2D eigenvalue weighted by Gasteiger charge is 2.30. The summed E-state index contributed by atoms with van der Waals surface area (Å²) in [7, 11) is 1.80. The van der Waals surface area contributed by atoms with Gasteiger partial charge in [0.25, 0.3) is 0 Å². The molecule has 0 amide bonds. The molecular weight excluding hydrogens is 343 g/mol. The fourth-order valence-corrected chi connectivity index (χ4v) is 2.46. The summed E-state index contributed by atoms with van der Waals surface area (Å²) in [6.45, 7) is 2.48. The Morgan fingerprint density at radius 1 is 1.12 bits per heavy atom. The molecule has 1 aromatic carbocycles. The van der Waals surface area contributed by atoms with E-state index in [1.54, 1.807) is 30.4 Å². The fraction of sp³-hybridized carbons (Fsp3) is 0.222. The number of pyridine rings is 1. The summed E-state index contributed by atoms with van der Waals surface area (Å²) < 4.78 is 38.7. The molecule has 5 nitrogen and oxygen atoms in total. The molecule has 0 bridgehead atoms. The third-order valence-electron chi connectivity index (χ3n) is 3.92. The SMILES string of the molecule is Cc1cnccc1CN(C)c1nncc(-c2cccc(C(F)(F)F)c2)n1. The molecule has 0 fully saturated rings. The highest BCUT2D eigenvalue weighted by Crippen LogP contribution is 2.31. The summed E-state index contributed by atoms with van der Waals surface area (Å²) in [5, 5.41) is 7.88. The van der Waals surface area contributed by atoms with Crippen LogP contribution in [0.15, 0.2) is 48.9 Å². The van der Waals surface area contributed by atoms with E-state index in [4.69, 9.17) is 0 Å². The smallest absolute Gasteiger partial charge is 0.338 e. The second-order valence-corrected chi connectivity index (χ2v) is 5.88. The Bertz CT molecular complexity index is 911. The summed E-state index contributed by atoms with van der Waals surface area (Å²) in [6.07, 6.45) is 0.412. The Hall–Kier alpha value is -3.03. The van der Waals surface area contributed by atoms with Crippen LogP contribution >= 0.6 is 0 Å². The summed E-state index contributed by atoms with van der Waals surface area (Å²) in [5.41, 5.74) is 2.02. The number of aryl methyl sites for hydroxylation is 1. The van der Waals surface area contributed by atoms with Gasteiger partial charge in [-0.2, -0.15) is 18.3 Å². The number of benzene rings is 1. The van der Waals surface area contributed by atoms with Crippen LogP contribution in [-0.2, 0) is 12.7 Å². The van der Waals surface area contributed by atoms with Crippen molar-refractivity contribution in [3.05, 3.63) is 65.6 Å². The van der Waals surface area contributed by atoms with E-state index in [2.05, 4.69) is 20.2 Å². The minimum Gasteiger partial charge on any atom is -0.338 e. The molecule has 0 saturated carbocycles. The largest absolute Gasteiger partial charge is 0.416 e. The predicted octanol–water partition coefficient (Wildman–Crippen LogP) is 3.90. The molecule has 0 radical (unpaired) electrons. The van der Waals surface area contributed by atoms with Gasteiger partial charge in [0.2, 0.25) is 5.95 Å². The lowest BCUT2D eigenvalue weighted by Gasteiger charge is -2.18. The van der Waals surface area contributed by atoms with Crippen molar-refractivity contribution in [3.8, 4) is 11.3 Å². The first-order valence-electron chi connectivity index (χ1n) is 7.82. The summed E-state index contributed by atoms with van der Waals surface area (Å²) in [4.78, 5) is 10.2. The molecule has 0 atom stereocenters. The number of anilines is 1. The van der Waals surface area contributed by atoms with Gasteiger partial charge >= 0.3 is 6.18 Å². The lowest BCUT2D eigenvalue weighted by atomic mass is 10.1. The van der Waals surface area contributed by atoms with Gasteiger partial charge in [0.1, 0.15) is 0 Å². The average Bonchev–Trinajstić information content (AvgIpc) is 2.63. The summed E-state index contributed by atoms with van der Waals surface area (Å²) in [6, 6.07) is 6.90. The maximum absolute atomic E-state index is 12.9. The monoisotopic (exact) mass is 359 g/mol. The van der Waals surface area contributed by atoms with Gasteiger partial charge in [0.15, 0.2) is 0 Å². The topological polar surface area (TPSA) is 54.8 Å². The van der Waals surface area contributed by atoms with Gasteiger partial charge in [-0.3, -0.25) is 4.98 Å². The van der Waals surface area contributed by atoms with Gasteiger partial charge in [0, 0.05) is 31.5 Å². The third kappa shape index (κ3) is 3.96. The van der Waals surface area contributed by atoms with Gasteiger partial charge in [-0.05, 0) is 36.2 Å². The molecule has 0 aliphatic carbocycles. The lowest BCUT2D eigenvalue weighted by molar-refractivity contribution is -0.137. The molecular formula is C18H16F3N5. The molecule has 26 heavy (non-hydrogen) atoms. The highest BCUT2D eigenvalue weighted by molar-refractivity contribution is 5.60. The van der Waals surface area contributed by atoms with Crippen molar-refractivity contribution in [2.45, 2.75) is 19.6 Å². The normalized spacial score (nSPS) is 11.4. The van der Waals surface area contributed by atoms with Gasteiger partial charge in [-0.1, -0.05) is 12.1 Å². The van der Waals surface area contributed by atoms with Crippen molar-refractivity contribution in [2.24, 2.45) is 0 Å². The molecule has 3 rings (SSSR count). The molecule has 2 heterocycles. The maximum Gasteiger partial charge on any atom is 0.416 e. The molecule has 0 unspecified atom stereocenters. The first-order valence-corrected chi connectivity index (χ1v) is 7.82. The minimum absolute atomic E-state index is 0.330. The fourth-order valence-electron chi connectivity index (χ4n) is 2.46. The Morgan fingerprint density at radius 3 is 2.65 bits per heavy atom. The van der Waals surface area contributed by atoms with E-state index in [1.807, 2.05) is 13.0 Å². The van der Waals surface area contributed by atoms with Crippen molar-refractivity contribution in [2.75, 3.05) is 11.9 Å². The van der Waals surface area contributed by atoms with E-state index in [1.165, 1.54) is 12.3 Å². The predicted molar refractivity (Wildman–Crippen MR) is 91.3 cm³/mol. The molecule has 0 aliphatic heterocycles. The number of rotatable bonds is 4. The van der Waals surface area contributed by atoms with Crippen LogP contribution in [0.25, 0.3) is 11.3 Å². The zero-order valence-corrected chi connectivity index (χ0v) is 14.2. The van der Waals surface area contributed by atoms with E-state index in [-0.39, 0.29) is 0 Å². The number of alkyl halides is 3. The van der Waals surface area contributed by atoms with Crippen molar-refractivity contribution in [1.82, 2.24) is 20.2 Å². The molecule has 134 valence electrons. The Labute approximate surface area is 148 Å². The summed E-state index contributed by atoms with van der Waals surface area (Å²) >= 11 is 0. The van der Waals surface area contributed by atoms with Crippen LogP contribution in [-0.4, -0.2) is 27.2 Å². The first kappa shape index (κ1) is 17.8. The highest BCUT2D eigenvalue weighted by atomic mass is 19.4. The van der Waals surface area contributed by atoms with Crippen molar-refractivity contribution in [1.29, 1.82) is 0 Å². The molecule has 3 aromatic rings. The lowest BCUT2D eigenvalue weighted by Crippen LogP contribution is -2.20. The zero-order valence-electron chi connectivity index (χ0n) is 14.2. The van der Waals surface area contributed by atoms with E-state index in [0.717, 1.165) is 23.3 Å². The Balaban J connectivity index is 1.88. The third-order valence-corrected chi connectivity index (χ3v) is 3.92. The van der Waals surface area contributed by atoms with Gasteiger partial charge < -0.3 is 4.90 Å². The number of halogens is 3. The van der Waals surface area contributed by atoms with Crippen LogP contribution in [0.2, 0.25) is 0 Å². The van der Waals surface area contributed by atoms with E-state index in [0.29, 0.717) is 23.8 Å². The van der Waals surface area contributed by atoms with Crippen LogP contribution in [0.3, 0.4) is 0 Å². The second-order valence-electron chi connectivity index (χ2n) is 5.88. The van der Waals surface area contributed by atoms with E-state index >= 15 is 0 Å². The number of aromatic nitrogens is 4. The van der Waals surface area contributed by atoms with E-state index < -0.39 is 11.7 Å². The molecule has 8 heteroatoms. The van der Waals surface area contributed by atoms with Gasteiger partial charge in [-0.25, -0.2) is 4.98 Å². The van der Waals surface area contributed by atoms with Crippen LogP contribution in [0, 0.1) is 6.92 Å². The van der Waals surface area contributed by atoms with Gasteiger partial charge in [0.05, 0.1) is 17.5 Å². The van der Waals surface area contributed by atoms with Crippen molar-refractivity contribution < 1.29 is 13.2 Å². The van der Waals surface area contributed by atoms with Crippen LogP contribution < -0.4 is 4.90 Å². The maximum atomic E-state index is 12.9. The molecule has 0 aliphatic rings. The van der Waals surface area contributed by atoms with Gasteiger partial charge in [-0.15, -0.1) is 5.10 Å². The van der Waals surface area contributed by atoms with Crippen molar-refractivity contribution in [3.63, 3.8) is 0 Å². The summed E-state index contributed by atoms with van der Waals surface area (Å²) in [5.74, 6) is 0.330. The van der Waals surface area contributed by atoms with Crippen molar-refractivity contribution >= 4 is 5.95 Å². The quantitative estimate of drug-likeness (QED) is 0.707. The molecule has 0 spiro atoms. The molecule has 0 saturated heterocycles. The zero-order chi connectivity index (χ0) is 18.7. The standard InChI is InChI=1S/C18H16F3N5/c1-12-9-22-7-6-14(12)11-26(2)17-24-16(10-23-25-17)13-4-3-5-15(8-13)18(19,20)21/h3-10H,11H2,1-2H3. The number of hydrogen-bond acceptors (Lipinski definition) is 5. The Kier molecular flexibility index (Phi) is 4.83. The number of hydrogen-bond donors (Lipinski definition) is 0. The first-order chi connectivity index (χ1) is 12.3. The minimum atomic E-state index is -4.41. The Morgan fingerprint density at radius 2 is 1.92 bits per heavy atom.